The molecule has 0 radical (unpaired) electrons. The van der Waals surface area contributed by atoms with Crippen LogP contribution in [0.25, 0.3) is 0 Å². The van der Waals surface area contributed by atoms with Gasteiger partial charge in [0.2, 0.25) is 0 Å². The molecule has 0 aliphatic carbocycles. The Morgan fingerprint density at radius 1 is 1.15 bits per heavy atom. The smallest absolute Gasteiger partial charge is 0.260 e. The Labute approximate surface area is 131 Å². The number of rotatable bonds is 5. The molecule has 0 bridgehead atoms. The molecule has 0 saturated carbocycles. The van der Waals surface area contributed by atoms with Crippen LogP contribution in [-0.2, 0) is 5.75 Å². The van der Waals surface area contributed by atoms with E-state index in [4.69, 9.17) is 32.7 Å². The molecule has 0 N–H and O–H groups in total. The Bertz CT molecular complexity index is 611. The van der Waals surface area contributed by atoms with E-state index in [9.17, 15) is 0 Å². The molecule has 1 aromatic heterocycles. The lowest BCUT2D eigenvalue weighted by atomic mass is 10.2. The molecule has 106 valence electrons. The third-order valence-corrected chi connectivity index (χ3v) is 4.14. The Morgan fingerprint density at radius 3 is 2.60 bits per heavy atom. The second-order valence-electron chi connectivity index (χ2n) is 3.77. The van der Waals surface area contributed by atoms with Crippen LogP contribution in [0, 0.1) is 0 Å². The van der Waals surface area contributed by atoms with Gasteiger partial charge in [-0.05, 0) is 17.7 Å². The summed E-state index contributed by atoms with van der Waals surface area (Å²) in [6, 6.07) is 5.52. The quantitative estimate of drug-likeness (QED) is 0.610. The number of methoxy groups -OCH3 is 2. The summed E-state index contributed by atoms with van der Waals surface area (Å²) in [5.41, 5.74) is 1.04. The highest BCUT2D eigenvalue weighted by atomic mass is 35.5. The van der Waals surface area contributed by atoms with E-state index >= 15 is 0 Å². The summed E-state index contributed by atoms with van der Waals surface area (Å²) < 4.78 is 10.2. The van der Waals surface area contributed by atoms with E-state index in [0.717, 1.165) is 5.56 Å². The minimum absolute atomic E-state index is 0.416. The average Bonchev–Trinajstić information content (AvgIpc) is 2.48. The van der Waals surface area contributed by atoms with Crippen molar-refractivity contribution in [1.29, 1.82) is 0 Å². The predicted octanol–water partition coefficient (Wildman–Crippen LogP) is 4.09. The molecule has 0 saturated heterocycles. The lowest BCUT2D eigenvalue weighted by Gasteiger charge is -2.07. The van der Waals surface area contributed by atoms with Crippen molar-refractivity contribution in [1.82, 2.24) is 9.97 Å². The molecule has 1 aromatic carbocycles. The molecule has 0 amide bonds. The fraction of sp³-hybridized carbons (Fsp3) is 0.231. The monoisotopic (exact) mass is 330 g/mol. The summed E-state index contributed by atoms with van der Waals surface area (Å²) in [4.78, 5) is 8.46. The maximum atomic E-state index is 5.97. The van der Waals surface area contributed by atoms with Crippen molar-refractivity contribution in [2.45, 2.75) is 10.9 Å². The van der Waals surface area contributed by atoms with Crippen LogP contribution in [0.2, 0.25) is 10.0 Å². The van der Waals surface area contributed by atoms with Crippen LogP contribution in [0.15, 0.2) is 29.6 Å². The third kappa shape index (κ3) is 3.69. The molecule has 7 heteroatoms. The highest BCUT2D eigenvalue weighted by Crippen LogP contribution is 2.29. The highest BCUT2D eigenvalue weighted by Gasteiger charge is 2.09. The second-order valence-corrected chi connectivity index (χ2v) is 5.52. The number of hydrogen-bond donors (Lipinski definition) is 0. The molecular weight excluding hydrogens is 319 g/mol. The second kappa shape index (κ2) is 7.02. The standard InChI is InChI=1S/C13H12Cl2N2O2S/c1-18-11-6-16-13(17-12(11)19-2)20-7-8-3-4-9(14)10(15)5-8/h3-6H,7H2,1-2H3. The van der Waals surface area contributed by atoms with Gasteiger partial charge in [-0.3, -0.25) is 0 Å². The van der Waals surface area contributed by atoms with Gasteiger partial charge in [0.15, 0.2) is 10.9 Å². The average molecular weight is 331 g/mol. The largest absolute Gasteiger partial charge is 0.490 e. The van der Waals surface area contributed by atoms with Crippen LogP contribution >= 0.6 is 35.0 Å². The van der Waals surface area contributed by atoms with Gasteiger partial charge in [-0.25, -0.2) is 4.98 Å². The van der Waals surface area contributed by atoms with Gasteiger partial charge in [0.1, 0.15) is 0 Å². The lowest BCUT2D eigenvalue weighted by Crippen LogP contribution is -1.96. The van der Waals surface area contributed by atoms with E-state index in [-0.39, 0.29) is 0 Å². The van der Waals surface area contributed by atoms with Gasteiger partial charge in [0.25, 0.3) is 5.88 Å². The summed E-state index contributed by atoms with van der Waals surface area (Å²) >= 11 is 13.3. The zero-order chi connectivity index (χ0) is 14.5. The van der Waals surface area contributed by atoms with Gasteiger partial charge in [0, 0.05) is 5.75 Å². The first kappa shape index (κ1) is 15.2. The molecule has 2 aromatic rings. The number of hydrogen-bond acceptors (Lipinski definition) is 5. The molecule has 0 atom stereocenters. The minimum Gasteiger partial charge on any atom is -0.490 e. The van der Waals surface area contributed by atoms with Crippen LogP contribution in [0.1, 0.15) is 5.56 Å². The van der Waals surface area contributed by atoms with Crippen molar-refractivity contribution >= 4 is 35.0 Å². The van der Waals surface area contributed by atoms with Gasteiger partial charge in [-0.2, -0.15) is 4.98 Å². The molecule has 20 heavy (non-hydrogen) atoms. The van der Waals surface area contributed by atoms with Crippen LogP contribution in [0.3, 0.4) is 0 Å². The van der Waals surface area contributed by atoms with Gasteiger partial charge < -0.3 is 9.47 Å². The van der Waals surface area contributed by atoms with Crippen molar-refractivity contribution in [2.24, 2.45) is 0 Å². The van der Waals surface area contributed by atoms with E-state index in [1.807, 2.05) is 12.1 Å². The van der Waals surface area contributed by atoms with Gasteiger partial charge >= 0.3 is 0 Å². The molecule has 4 nitrogen and oxygen atoms in total. The maximum Gasteiger partial charge on any atom is 0.260 e. The lowest BCUT2D eigenvalue weighted by molar-refractivity contribution is 0.337. The fourth-order valence-electron chi connectivity index (χ4n) is 1.47. The number of thioether (sulfide) groups is 1. The molecule has 0 spiro atoms. The number of aromatic nitrogens is 2. The van der Waals surface area contributed by atoms with Crippen molar-refractivity contribution in [3.8, 4) is 11.6 Å². The number of nitrogens with zero attached hydrogens (tertiary/aromatic N) is 2. The zero-order valence-corrected chi connectivity index (χ0v) is 13.2. The first-order valence-corrected chi connectivity index (χ1v) is 7.40. The Balaban J connectivity index is 2.08. The van der Waals surface area contributed by atoms with Crippen LogP contribution in [0.4, 0.5) is 0 Å². The van der Waals surface area contributed by atoms with E-state index in [0.29, 0.717) is 32.6 Å². The molecule has 0 aliphatic rings. The van der Waals surface area contributed by atoms with Crippen molar-refractivity contribution < 1.29 is 9.47 Å². The molecule has 0 aliphatic heterocycles. The summed E-state index contributed by atoms with van der Waals surface area (Å²) in [5, 5.41) is 1.69. The first-order valence-electron chi connectivity index (χ1n) is 5.65. The molecule has 1 heterocycles. The minimum atomic E-state index is 0.416. The van der Waals surface area contributed by atoms with E-state index in [1.165, 1.54) is 18.9 Å². The molecular formula is C13H12Cl2N2O2S. The number of ether oxygens (including phenoxy) is 2. The topological polar surface area (TPSA) is 44.2 Å². The van der Waals surface area contributed by atoms with Gasteiger partial charge in [0.05, 0.1) is 30.5 Å². The SMILES string of the molecule is COc1cnc(SCc2ccc(Cl)c(Cl)c2)nc1OC. The Morgan fingerprint density at radius 2 is 1.95 bits per heavy atom. The zero-order valence-electron chi connectivity index (χ0n) is 10.9. The van der Waals surface area contributed by atoms with E-state index in [2.05, 4.69) is 9.97 Å². The van der Waals surface area contributed by atoms with E-state index < -0.39 is 0 Å². The van der Waals surface area contributed by atoms with Crippen molar-refractivity contribution in [3.05, 3.63) is 40.0 Å². The number of halogens is 2. The summed E-state index contributed by atoms with van der Waals surface area (Å²) in [5.74, 6) is 1.61. The Kier molecular flexibility index (Phi) is 5.34. The highest BCUT2D eigenvalue weighted by molar-refractivity contribution is 7.98. The van der Waals surface area contributed by atoms with Gasteiger partial charge in [-0.15, -0.1) is 0 Å². The number of benzene rings is 1. The Hall–Kier alpha value is -1.17. The normalized spacial score (nSPS) is 10.4. The fourth-order valence-corrected chi connectivity index (χ4v) is 2.54. The van der Waals surface area contributed by atoms with Crippen molar-refractivity contribution in [3.63, 3.8) is 0 Å². The summed E-state index contributed by atoms with van der Waals surface area (Å²) in [6.45, 7) is 0. The van der Waals surface area contributed by atoms with Crippen molar-refractivity contribution in [2.75, 3.05) is 14.2 Å². The van der Waals surface area contributed by atoms with Gasteiger partial charge in [-0.1, -0.05) is 41.0 Å². The predicted molar refractivity (Wildman–Crippen MR) is 81.2 cm³/mol. The van der Waals surface area contributed by atoms with E-state index in [1.54, 1.807) is 19.4 Å². The maximum absolute atomic E-state index is 5.97. The summed E-state index contributed by atoms with van der Waals surface area (Å²) in [6.07, 6.45) is 1.59. The van der Waals surface area contributed by atoms with Crippen LogP contribution < -0.4 is 9.47 Å². The van der Waals surface area contributed by atoms with Crippen LogP contribution in [0.5, 0.6) is 11.6 Å². The molecule has 0 unspecified atom stereocenters. The van der Waals surface area contributed by atoms with Crippen LogP contribution in [-0.4, -0.2) is 24.2 Å². The molecule has 0 fully saturated rings. The first-order chi connectivity index (χ1) is 9.63. The summed E-state index contributed by atoms with van der Waals surface area (Å²) in [7, 11) is 3.09. The third-order valence-electron chi connectivity index (χ3n) is 2.47. The molecule has 2 rings (SSSR count).